The van der Waals surface area contributed by atoms with Gasteiger partial charge in [-0.2, -0.15) is 5.10 Å². The molecule has 4 rings (SSSR count). The third kappa shape index (κ3) is 3.76. The van der Waals surface area contributed by atoms with E-state index < -0.39 is 0 Å². The van der Waals surface area contributed by atoms with Gasteiger partial charge in [0.2, 0.25) is 5.91 Å². The molecule has 2 heterocycles. The maximum atomic E-state index is 12.8. The van der Waals surface area contributed by atoms with E-state index in [4.69, 9.17) is 16.3 Å². The Morgan fingerprint density at radius 3 is 2.64 bits per heavy atom. The number of aromatic nitrogens is 2. The van der Waals surface area contributed by atoms with Crippen molar-refractivity contribution in [2.75, 3.05) is 20.2 Å². The molecule has 0 bridgehead atoms. The second kappa shape index (κ2) is 8.07. The summed E-state index contributed by atoms with van der Waals surface area (Å²) < 4.78 is 5.24. The standard InChI is InChI=1S/C22H22ClN3O2/c1-28-17-8-6-15(7-9-17)22-18-10-12-26(13-11-20(18)24-25-22)21(27)14-16-4-2-3-5-19(16)23/h2-9H,10-14H2,1H3,(H,24,25). The SMILES string of the molecule is COc1ccc(-c2n[nH]c3c2CCN(C(=O)Cc2ccccc2Cl)CC3)cc1. The molecule has 1 amide bonds. The van der Waals surface area contributed by atoms with Gasteiger partial charge in [-0.15, -0.1) is 0 Å². The number of nitrogens with zero attached hydrogens (tertiary/aromatic N) is 2. The van der Waals surface area contributed by atoms with E-state index in [1.54, 1.807) is 7.11 Å². The molecular formula is C22H22ClN3O2. The molecule has 0 saturated heterocycles. The van der Waals surface area contributed by atoms with Gasteiger partial charge in [-0.1, -0.05) is 29.8 Å². The zero-order chi connectivity index (χ0) is 19.5. The second-order valence-electron chi connectivity index (χ2n) is 6.91. The van der Waals surface area contributed by atoms with Crippen molar-refractivity contribution in [1.29, 1.82) is 0 Å². The van der Waals surface area contributed by atoms with Gasteiger partial charge >= 0.3 is 0 Å². The minimum absolute atomic E-state index is 0.109. The molecule has 144 valence electrons. The molecule has 0 radical (unpaired) electrons. The van der Waals surface area contributed by atoms with Crippen LogP contribution in [0.3, 0.4) is 0 Å². The van der Waals surface area contributed by atoms with E-state index in [9.17, 15) is 4.79 Å². The van der Waals surface area contributed by atoms with Gasteiger partial charge in [-0.25, -0.2) is 0 Å². The van der Waals surface area contributed by atoms with Gasteiger partial charge in [0, 0.05) is 41.4 Å². The molecule has 0 fully saturated rings. The Morgan fingerprint density at radius 1 is 1.14 bits per heavy atom. The number of benzene rings is 2. The van der Waals surface area contributed by atoms with Crippen molar-refractivity contribution in [3.05, 3.63) is 70.4 Å². The molecule has 0 atom stereocenters. The lowest BCUT2D eigenvalue weighted by Gasteiger charge is -2.20. The number of methoxy groups -OCH3 is 1. The number of nitrogens with one attached hydrogen (secondary N) is 1. The van der Waals surface area contributed by atoms with Crippen LogP contribution >= 0.6 is 11.6 Å². The summed E-state index contributed by atoms with van der Waals surface area (Å²) in [5.74, 6) is 0.930. The Kier molecular flexibility index (Phi) is 5.35. The molecule has 0 aliphatic carbocycles. The zero-order valence-corrected chi connectivity index (χ0v) is 16.5. The molecule has 1 aliphatic heterocycles. The normalized spacial score (nSPS) is 13.7. The topological polar surface area (TPSA) is 58.2 Å². The van der Waals surface area contributed by atoms with Crippen LogP contribution in [0.4, 0.5) is 0 Å². The van der Waals surface area contributed by atoms with Crippen LogP contribution in [-0.4, -0.2) is 41.2 Å². The Bertz CT molecular complexity index is 982. The predicted molar refractivity (Wildman–Crippen MR) is 110 cm³/mol. The van der Waals surface area contributed by atoms with Crippen molar-refractivity contribution in [2.45, 2.75) is 19.3 Å². The number of carbonyl (C=O) groups excluding carboxylic acids is 1. The summed E-state index contributed by atoms with van der Waals surface area (Å²) in [5, 5.41) is 8.34. The summed E-state index contributed by atoms with van der Waals surface area (Å²) in [6.07, 6.45) is 1.88. The number of hydrogen-bond acceptors (Lipinski definition) is 3. The first kappa shape index (κ1) is 18.6. The lowest BCUT2D eigenvalue weighted by Crippen LogP contribution is -2.34. The van der Waals surface area contributed by atoms with Gasteiger partial charge in [0.05, 0.1) is 19.2 Å². The monoisotopic (exact) mass is 395 g/mol. The number of amides is 1. The number of ether oxygens (including phenoxy) is 1. The van der Waals surface area contributed by atoms with Crippen LogP contribution in [0.5, 0.6) is 5.75 Å². The van der Waals surface area contributed by atoms with Crippen LogP contribution in [0.2, 0.25) is 5.02 Å². The first-order valence-corrected chi connectivity index (χ1v) is 9.75. The number of fused-ring (bicyclic) bond motifs is 1. The van der Waals surface area contributed by atoms with Crippen molar-refractivity contribution < 1.29 is 9.53 Å². The number of hydrogen-bond donors (Lipinski definition) is 1. The number of halogens is 1. The van der Waals surface area contributed by atoms with E-state index in [1.807, 2.05) is 53.4 Å². The van der Waals surface area contributed by atoms with Gasteiger partial charge in [0.15, 0.2) is 0 Å². The quantitative estimate of drug-likeness (QED) is 0.728. The van der Waals surface area contributed by atoms with Gasteiger partial charge in [0.1, 0.15) is 5.75 Å². The molecule has 3 aromatic rings. The smallest absolute Gasteiger partial charge is 0.227 e. The highest BCUT2D eigenvalue weighted by atomic mass is 35.5. The molecule has 0 unspecified atom stereocenters. The van der Waals surface area contributed by atoms with E-state index in [0.29, 0.717) is 24.5 Å². The summed E-state index contributed by atoms with van der Waals surface area (Å²) >= 11 is 6.21. The van der Waals surface area contributed by atoms with Crippen molar-refractivity contribution >= 4 is 17.5 Å². The van der Waals surface area contributed by atoms with E-state index in [2.05, 4.69) is 10.2 Å². The molecule has 28 heavy (non-hydrogen) atoms. The van der Waals surface area contributed by atoms with E-state index in [1.165, 1.54) is 5.56 Å². The summed E-state index contributed by atoms with van der Waals surface area (Å²) in [6, 6.07) is 15.4. The highest BCUT2D eigenvalue weighted by Crippen LogP contribution is 2.28. The van der Waals surface area contributed by atoms with Gasteiger partial charge in [0.25, 0.3) is 0 Å². The Morgan fingerprint density at radius 2 is 1.89 bits per heavy atom. The summed E-state index contributed by atoms with van der Waals surface area (Å²) in [4.78, 5) is 14.7. The molecule has 6 heteroatoms. The van der Waals surface area contributed by atoms with E-state index in [-0.39, 0.29) is 5.91 Å². The summed E-state index contributed by atoms with van der Waals surface area (Å²) in [6.45, 7) is 1.36. The first-order chi connectivity index (χ1) is 13.7. The van der Waals surface area contributed by atoms with Crippen LogP contribution in [0, 0.1) is 0 Å². The molecular weight excluding hydrogens is 374 g/mol. The summed E-state index contributed by atoms with van der Waals surface area (Å²) in [5.41, 5.74) is 5.18. The van der Waals surface area contributed by atoms with Gasteiger partial charge in [-0.05, 0) is 42.3 Å². The number of aromatic amines is 1. The number of carbonyl (C=O) groups is 1. The third-order valence-corrected chi connectivity index (χ3v) is 5.60. The predicted octanol–water partition coefficient (Wildman–Crippen LogP) is 3.91. The number of H-pyrrole nitrogens is 1. The Balaban J connectivity index is 1.49. The Hall–Kier alpha value is -2.79. The number of rotatable bonds is 4. The molecule has 0 saturated carbocycles. The average molecular weight is 396 g/mol. The van der Waals surface area contributed by atoms with Gasteiger partial charge in [-0.3, -0.25) is 9.89 Å². The highest BCUT2D eigenvalue weighted by molar-refractivity contribution is 6.31. The molecule has 1 aromatic heterocycles. The minimum Gasteiger partial charge on any atom is -0.497 e. The zero-order valence-electron chi connectivity index (χ0n) is 15.7. The molecule has 5 nitrogen and oxygen atoms in total. The van der Waals surface area contributed by atoms with Crippen LogP contribution in [0.25, 0.3) is 11.3 Å². The largest absolute Gasteiger partial charge is 0.497 e. The maximum Gasteiger partial charge on any atom is 0.227 e. The molecule has 2 aromatic carbocycles. The fourth-order valence-electron chi connectivity index (χ4n) is 3.64. The molecule has 0 spiro atoms. The second-order valence-corrected chi connectivity index (χ2v) is 7.31. The summed E-state index contributed by atoms with van der Waals surface area (Å²) in [7, 11) is 1.66. The van der Waals surface area contributed by atoms with Crippen LogP contribution < -0.4 is 4.74 Å². The fourth-order valence-corrected chi connectivity index (χ4v) is 3.84. The Labute approximate surface area is 169 Å². The third-order valence-electron chi connectivity index (χ3n) is 5.23. The van der Waals surface area contributed by atoms with Crippen LogP contribution in [-0.2, 0) is 24.1 Å². The lowest BCUT2D eigenvalue weighted by atomic mass is 10.0. The lowest BCUT2D eigenvalue weighted by molar-refractivity contribution is -0.130. The van der Waals surface area contributed by atoms with E-state index in [0.717, 1.165) is 41.1 Å². The van der Waals surface area contributed by atoms with E-state index >= 15 is 0 Å². The molecule has 1 aliphatic rings. The van der Waals surface area contributed by atoms with Gasteiger partial charge < -0.3 is 9.64 Å². The average Bonchev–Trinajstić information content (AvgIpc) is 3.00. The van der Waals surface area contributed by atoms with Crippen molar-refractivity contribution in [2.24, 2.45) is 0 Å². The molecule has 1 N–H and O–H groups in total. The first-order valence-electron chi connectivity index (χ1n) is 9.37. The van der Waals surface area contributed by atoms with Crippen molar-refractivity contribution in [1.82, 2.24) is 15.1 Å². The fraction of sp³-hybridized carbons (Fsp3) is 0.273. The van der Waals surface area contributed by atoms with Crippen LogP contribution in [0.15, 0.2) is 48.5 Å². The van der Waals surface area contributed by atoms with Crippen molar-refractivity contribution in [3.8, 4) is 17.0 Å². The van der Waals surface area contributed by atoms with Crippen LogP contribution in [0.1, 0.15) is 16.8 Å². The minimum atomic E-state index is 0.109. The van der Waals surface area contributed by atoms with Crippen molar-refractivity contribution in [3.63, 3.8) is 0 Å². The highest BCUT2D eigenvalue weighted by Gasteiger charge is 2.23. The maximum absolute atomic E-state index is 12.8.